The van der Waals surface area contributed by atoms with Crippen molar-refractivity contribution >= 4 is 11.5 Å². The van der Waals surface area contributed by atoms with Gasteiger partial charge in [-0.2, -0.15) is 0 Å². The number of anilines is 1. The Bertz CT molecular complexity index is 694. The maximum atomic E-state index is 5.44. The van der Waals surface area contributed by atoms with E-state index in [0.29, 0.717) is 6.61 Å². The summed E-state index contributed by atoms with van der Waals surface area (Å²) in [6.07, 6.45) is 5.77. The van der Waals surface area contributed by atoms with Gasteiger partial charge in [-0.25, -0.2) is 4.98 Å². The zero-order valence-corrected chi connectivity index (χ0v) is 15.1. The van der Waals surface area contributed by atoms with E-state index in [1.165, 1.54) is 0 Å². The summed E-state index contributed by atoms with van der Waals surface area (Å²) in [5, 5.41) is 0. The summed E-state index contributed by atoms with van der Waals surface area (Å²) in [5.41, 5.74) is 5.15. The molecule has 2 heterocycles. The van der Waals surface area contributed by atoms with Gasteiger partial charge in [0.1, 0.15) is 5.82 Å². The molecule has 1 N–H and O–H groups in total. The van der Waals surface area contributed by atoms with E-state index in [-0.39, 0.29) is 0 Å². The zero-order chi connectivity index (χ0) is 18.0. The molecule has 1 aromatic carbocycles. The molecule has 136 valence electrons. The number of nitrogens with one attached hydrogen (secondary N) is 1. The van der Waals surface area contributed by atoms with Gasteiger partial charge in [0.25, 0.3) is 0 Å². The van der Waals surface area contributed by atoms with Gasteiger partial charge in [0.2, 0.25) is 0 Å². The SMILES string of the molecule is C=CCONC(=CCN1CCN(c2ccccn2)CC1)c1ccccc1. The molecule has 0 atom stereocenters. The van der Waals surface area contributed by atoms with Crippen molar-refractivity contribution in [3.63, 3.8) is 0 Å². The molecule has 2 aromatic rings. The Morgan fingerprint density at radius 1 is 1.08 bits per heavy atom. The molecule has 3 rings (SSSR count). The highest BCUT2D eigenvalue weighted by Gasteiger charge is 2.17. The number of aromatic nitrogens is 1. The van der Waals surface area contributed by atoms with Crippen LogP contribution in [0.3, 0.4) is 0 Å². The second-order valence-corrected chi connectivity index (χ2v) is 6.16. The lowest BCUT2D eigenvalue weighted by Crippen LogP contribution is -2.46. The van der Waals surface area contributed by atoms with Crippen LogP contribution in [-0.4, -0.2) is 49.2 Å². The molecule has 1 aliphatic heterocycles. The first-order valence-corrected chi connectivity index (χ1v) is 8.99. The van der Waals surface area contributed by atoms with Gasteiger partial charge in [-0.1, -0.05) is 42.5 Å². The summed E-state index contributed by atoms with van der Waals surface area (Å²) < 4.78 is 0. The summed E-state index contributed by atoms with van der Waals surface area (Å²) in [6, 6.07) is 16.3. The number of hydroxylamine groups is 1. The molecular weight excluding hydrogens is 324 g/mol. The van der Waals surface area contributed by atoms with Gasteiger partial charge in [-0.05, 0) is 23.8 Å². The van der Waals surface area contributed by atoms with E-state index < -0.39 is 0 Å². The number of pyridine rings is 1. The molecule has 0 radical (unpaired) electrons. The van der Waals surface area contributed by atoms with E-state index in [0.717, 1.165) is 49.8 Å². The van der Waals surface area contributed by atoms with Crippen LogP contribution in [-0.2, 0) is 4.84 Å². The standard InChI is InChI=1S/C21H26N4O/c1-2-18-26-23-20(19-8-4-3-5-9-19)11-13-24-14-16-25(17-15-24)21-10-6-7-12-22-21/h2-12,23H,1,13-18H2. The van der Waals surface area contributed by atoms with Crippen molar-refractivity contribution in [2.24, 2.45) is 0 Å². The van der Waals surface area contributed by atoms with Crippen molar-refractivity contribution < 1.29 is 4.84 Å². The number of rotatable bonds is 8. The van der Waals surface area contributed by atoms with Gasteiger partial charge in [0, 0.05) is 38.9 Å². The minimum Gasteiger partial charge on any atom is -0.354 e. The van der Waals surface area contributed by atoms with E-state index >= 15 is 0 Å². The highest BCUT2D eigenvalue weighted by molar-refractivity contribution is 5.63. The molecule has 26 heavy (non-hydrogen) atoms. The molecule has 1 aromatic heterocycles. The number of hydrogen-bond donors (Lipinski definition) is 1. The predicted molar refractivity (Wildman–Crippen MR) is 107 cm³/mol. The van der Waals surface area contributed by atoms with Crippen LogP contribution in [0.15, 0.2) is 73.5 Å². The topological polar surface area (TPSA) is 40.6 Å². The zero-order valence-electron chi connectivity index (χ0n) is 15.1. The van der Waals surface area contributed by atoms with Crippen LogP contribution < -0.4 is 10.4 Å². The van der Waals surface area contributed by atoms with Gasteiger partial charge < -0.3 is 4.90 Å². The van der Waals surface area contributed by atoms with Crippen LogP contribution in [0.2, 0.25) is 0 Å². The number of hydrogen-bond acceptors (Lipinski definition) is 5. The average molecular weight is 350 g/mol. The lowest BCUT2D eigenvalue weighted by atomic mass is 10.1. The molecule has 5 nitrogen and oxygen atoms in total. The Kier molecular flexibility index (Phi) is 6.81. The maximum absolute atomic E-state index is 5.44. The van der Waals surface area contributed by atoms with Crippen molar-refractivity contribution in [1.82, 2.24) is 15.4 Å². The normalized spacial score (nSPS) is 15.7. The van der Waals surface area contributed by atoms with Gasteiger partial charge >= 0.3 is 0 Å². The molecule has 0 unspecified atom stereocenters. The minimum absolute atomic E-state index is 0.465. The van der Waals surface area contributed by atoms with Gasteiger partial charge in [0.15, 0.2) is 0 Å². The first-order valence-electron chi connectivity index (χ1n) is 8.99. The number of benzene rings is 1. The first kappa shape index (κ1) is 18.2. The highest BCUT2D eigenvalue weighted by Crippen LogP contribution is 2.14. The number of nitrogens with zero attached hydrogens (tertiary/aromatic N) is 3. The van der Waals surface area contributed by atoms with Crippen LogP contribution in [0.4, 0.5) is 5.82 Å². The fourth-order valence-electron chi connectivity index (χ4n) is 2.94. The van der Waals surface area contributed by atoms with Crippen molar-refractivity contribution in [3.8, 4) is 0 Å². The molecule has 0 saturated carbocycles. The first-order chi connectivity index (χ1) is 12.9. The summed E-state index contributed by atoms with van der Waals surface area (Å²) in [6.45, 7) is 9.04. The molecule has 0 bridgehead atoms. The Labute approximate surface area is 155 Å². The average Bonchev–Trinajstić information content (AvgIpc) is 2.72. The third kappa shape index (κ3) is 5.18. The lowest BCUT2D eigenvalue weighted by molar-refractivity contribution is 0.103. The molecule has 1 aliphatic rings. The van der Waals surface area contributed by atoms with Crippen molar-refractivity contribution in [2.75, 3.05) is 44.2 Å². The van der Waals surface area contributed by atoms with Crippen LogP contribution in [0.1, 0.15) is 5.56 Å². The second-order valence-electron chi connectivity index (χ2n) is 6.16. The monoisotopic (exact) mass is 350 g/mol. The van der Waals surface area contributed by atoms with E-state index in [9.17, 15) is 0 Å². The molecule has 0 amide bonds. The Morgan fingerprint density at radius 2 is 1.85 bits per heavy atom. The predicted octanol–water partition coefficient (Wildman–Crippen LogP) is 2.95. The van der Waals surface area contributed by atoms with Crippen LogP contribution in [0.25, 0.3) is 5.70 Å². The molecular formula is C21H26N4O. The Hall–Kier alpha value is -2.63. The maximum Gasteiger partial charge on any atom is 0.128 e. The number of piperazine rings is 1. The minimum atomic E-state index is 0.465. The van der Waals surface area contributed by atoms with Crippen LogP contribution >= 0.6 is 0 Å². The van der Waals surface area contributed by atoms with Crippen molar-refractivity contribution in [1.29, 1.82) is 0 Å². The molecule has 0 spiro atoms. The van der Waals surface area contributed by atoms with Crippen molar-refractivity contribution in [3.05, 3.63) is 79.0 Å². The third-order valence-electron chi connectivity index (χ3n) is 4.37. The third-order valence-corrected chi connectivity index (χ3v) is 4.37. The van der Waals surface area contributed by atoms with E-state index in [1.807, 2.05) is 36.5 Å². The van der Waals surface area contributed by atoms with Crippen LogP contribution in [0.5, 0.6) is 0 Å². The summed E-state index contributed by atoms with van der Waals surface area (Å²) in [7, 11) is 0. The van der Waals surface area contributed by atoms with Crippen LogP contribution in [0, 0.1) is 0 Å². The van der Waals surface area contributed by atoms with Gasteiger partial charge in [0.05, 0.1) is 12.3 Å². The van der Waals surface area contributed by atoms with E-state index in [4.69, 9.17) is 4.84 Å². The fraction of sp³-hybridized carbons (Fsp3) is 0.286. The summed E-state index contributed by atoms with van der Waals surface area (Å²) in [5.74, 6) is 1.06. The largest absolute Gasteiger partial charge is 0.354 e. The fourth-order valence-corrected chi connectivity index (χ4v) is 2.94. The van der Waals surface area contributed by atoms with E-state index in [1.54, 1.807) is 6.08 Å². The molecule has 0 aliphatic carbocycles. The quantitative estimate of drug-likeness (QED) is 0.450. The van der Waals surface area contributed by atoms with Gasteiger partial charge in [-0.15, -0.1) is 6.58 Å². The second kappa shape index (κ2) is 9.75. The van der Waals surface area contributed by atoms with Gasteiger partial charge in [-0.3, -0.25) is 15.2 Å². The summed E-state index contributed by atoms with van der Waals surface area (Å²) in [4.78, 5) is 14.7. The Balaban J connectivity index is 1.57. The summed E-state index contributed by atoms with van der Waals surface area (Å²) >= 11 is 0. The van der Waals surface area contributed by atoms with E-state index in [2.05, 4.69) is 51.1 Å². The smallest absolute Gasteiger partial charge is 0.128 e. The molecule has 1 fully saturated rings. The molecule has 1 saturated heterocycles. The van der Waals surface area contributed by atoms with Crippen molar-refractivity contribution in [2.45, 2.75) is 0 Å². The molecule has 5 heteroatoms. The lowest BCUT2D eigenvalue weighted by Gasteiger charge is -2.35. The highest BCUT2D eigenvalue weighted by atomic mass is 16.6. The Morgan fingerprint density at radius 3 is 2.54 bits per heavy atom.